The summed E-state index contributed by atoms with van der Waals surface area (Å²) in [6.07, 6.45) is 6.55. The number of hydrogen-bond donors (Lipinski definition) is 0. The summed E-state index contributed by atoms with van der Waals surface area (Å²) < 4.78 is 11.7. The number of likely N-dealkylation sites (tertiary alicyclic amines) is 1. The van der Waals surface area contributed by atoms with E-state index in [1.165, 1.54) is 40.9 Å². The molecule has 1 aliphatic carbocycles. The molecule has 0 spiro atoms. The van der Waals surface area contributed by atoms with Gasteiger partial charge in [-0.15, -0.1) is 0 Å². The monoisotopic (exact) mass is 476 g/mol. The van der Waals surface area contributed by atoms with Gasteiger partial charge in [0.2, 0.25) is 11.8 Å². The second kappa shape index (κ2) is 10.4. The van der Waals surface area contributed by atoms with Crippen molar-refractivity contribution < 1.29 is 19.1 Å². The molecule has 2 fully saturated rings. The van der Waals surface area contributed by atoms with E-state index in [1.807, 2.05) is 6.07 Å². The van der Waals surface area contributed by atoms with E-state index in [-0.39, 0.29) is 11.8 Å². The van der Waals surface area contributed by atoms with Crippen molar-refractivity contribution in [2.45, 2.75) is 77.4 Å². The second-order valence-corrected chi connectivity index (χ2v) is 10.0. The van der Waals surface area contributed by atoms with Gasteiger partial charge < -0.3 is 9.47 Å². The van der Waals surface area contributed by atoms with E-state index in [1.54, 1.807) is 0 Å². The molecular formula is C29H36N2O4. The van der Waals surface area contributed by atoms with Crippen LogP contribution in [0.25, 0.3) is 0 Å². The van der Waals surface area contributed by atoms with Crippen molar-refractivity contribution in [1.29, 1.82) is 0 Å². The summed E-state index contributed by atoms with van der Waals surface area (Å²) in [6.45, 7) is 6.70. The van der Waals surface area contributed by atoms with Crippen molar-refractivity contribution in [3.05, 3.63) is 58.7 Å². The highest BCUT2D eigenvalue weighted by molar-refractivity contribution is 6.01. The van der Waals surface area contributed by atoms with Crippen LogP contribution in [-0.2, 0) is 22.6 Å². The highest BCUT2D eigenvalue weighted by atomic mass is 16.5. The van der Waals surface area contributed by atoms with Gasteiger partial charge in [-0.2, -0.15) is 0 Å². The van der Waals surface area contributed by atoms with Crippen LogP contribution >= 0.6 is 0 Å². The van der Waals surface area contributed by atoms with Gasteiger partial charge >= 0.3 is 0 Å². The summed E-state index contributed by atoms with van der Waals surface area (Å²) in [6, 6.07) is 14.2. The molecule has 3 aliphatic rings. The largest absolute Gasteiger partial charge is 0.493 e. The van der Waals surface area contributed by atoms with Gasteiger partial charge in [0.1, 0.15) is 18.1 Å². The molecule has 1 unspecified atom stereocenters. The predicted octanol–water partition coefficient (Wildman–Crippen LogP) is 4.96. The van der Waals surface area contributed by atoms with Crippen LogP contribution in [0.5, 0.6) is 11.5 Å². The molecule has 2 heterocycles. The molecule has 1 saturated carbocycles. The summed E-state index contributed by atoms with van der Waals surface area (Å²) in [5.41, 5.74) is 5.10. The van der Waals surface area contributed by atoms with E-state index in [0.717, 1.165) is 43.1 Å². The van der Waals surface area contributed by atoms with E-state index in [4.69, 9.17) is 9.47 Å². The third-order valence-corrected chi connectivity index (χ3v) is 7.76. The van der Waals surface area contributed by atoms with Gasteiger partial charge in [-0.25, -0.2) is 0 Å². The lowest BCUT2D eigenvalue weighted by Gasteiger charge is -2.43. The first kappa shape index (κ1) is 23.9. The number of hydrogen-bond acceptors (Lipinski definition) is 5. The summed E-state index contributed by atoms with van der Waals surface area (Å²) in [5.74, 6) is 1.67. The van der Waals surface area contributed by atoms with Crippen LogP contribution in [0.15, 0.2) is 36.4 Å². The Hall–Kier alpha value is -2.86. The molecule has 0 N–H and O–H groups in total. The SMILES string of the molecule is CCC(c1ccc2c(c1)CCO2)N(Cc1ccc(OCCN2C(=O)CCC2=O)c(C)c1)C1CCC1. The number of fused-ring (bicyclic) bond motifs is 1. The number of benzene rings is 2. The van der Waals surface area contributed by atoms with Crippen LogP contribution in [0, 0.1) is 6.92 Å². The first-order valence-electron chi connectivity index (χ1n) is 13.1. The minimum atomic E-state index is -0.0943. The Bertz CT molecular complexity index is 1080. The quantitative estimate of drug-likeness (QED) is 0.454. The lowest BCUT2D eigenvalue weighted by atomic mass is 9.87. The summed E-state index contributed by atoms with van der Waals surface area (Å²) in [5, 5.41) is 0. The number of carbonyl (C=O) groups is 2. The van der Waals surface area contributed by atoms with Crippen LogP contribution in [0.1, 0.15) is 73.7 Å². The zero-order valence-electron chi connectivity index (χ0n) is 20.9. The molecule has 2 aliphatic heterocycles. The molecule has 2 amide bonds. The Morgan fingerprint density at radius 2 is 1.89 bits per heavy atom. The van der Waals surface area contributed by atoms with Gasteiger partial charge in [-0.1, -0.05) is 37.6 Å². The fraction of sp³-hybridized carbons (Fsp3) is 0.517. The molecular weight excluding hydrogens is 440 g/mol. The zero-order chi connectivity index (χ0) is 24.4. The molecule has 5 rings (SSSR count). The number of ether oxygens (including phenoxy) is 2. The van der Waals surface area contributed by atoms with Crippen LogP contribution < -0.4 is 9.47 Å². The van der Waals surface area contributed by atoms with Gasteiger partial charge in [0.05, 0.1) is 13.2 Å². The zero-order valence-corrected chi connectivity index (χ0v) is 20.9. The topological polar surface area (TPSA) is 59.1 Å². The maximum absolute atomic E-state index is 11.8. The number of aryl methyl sites for hydroxylation is 1. The van der Waals surface area contributed by atoms with Crippen molar-refractivity contribution in [2.24, 2.45) is 0 Å². The number of nitrogens with zero attached hydrogens (tertiary/aromatic N) is 2. The van der Waals surface area contributed by atoms with Crippen molar-refractivity contribution in [2.75, 3.05) is 19.8 Å². The Morgan fingerprint density at radius 1 is 1.09 bits per heavy atom. The van der Waals surface area contributed by atoms with Crippen LogP contribution in [0.3, 0.4) is 0 Å². The molecule has 6 heteroatoms. The molecule has 186 valence electrons. The lowest BCUT2D eigenvalue weighted by Crippen LogP contribution is -2.42. The molecule has 35 heavy (non-hydrogen) atoms. The molecule has 0 radical (unpaired) electrons. The fourth-order valence-electron chi connectivity index (χ4n) is 5.59. The van der Waals surface area contributed by atoms with Crippen LogP contribution in [-0.4, -0.2) is 47.4 Å². The van der Waals surface area contributed by atoms with E-state index in [9.17, 15) is 9.59 Å². The Morgan fingerprint density at radius 3 is 2.57 bits per heavy atom. The van der Waals surface area contributed by atoms with E-state index < -0.39 is 0 Å². The van der Waals surface area contributed by atoms with Crippen molar-refractivity contribution in [3.8, 4) is 11.5 Å². The van der Waals surface area contributed by atoms with Crippen LogP contribution in [0.2, 0.25) is 0 Å². The summed E-state index contributed by atoms with van der Waals surface area (Å²) in [7, 11) is 0. The fourth-order valence-corrected chi connectivity index (χ4v) is 5.59. The molecule has 0 bridgehead atoms. The van der Waals surface area contributed by atoms with Gasteiger partial charge in [-0.3, -0.25) is 19.4 Å². The molecule has 1 atom stereocenters. The van der Waals surface area contributed by atoms with Crippen molar-refractivity contribution in [1.82, 2.24) is 9.80 Å². The Labute approximate surface area is 208 Å². The maximum Gasteiger partial charge on any atom is 0.229 e. The van der Waals surface area contributed by atoms with E-state index in [0.29, 0.717) is 38.1 Å². The number of imide groups is 1. The lowest BCUT2D eigenvalue weighted by molar-refractivity contribution is -0.138. The van der Waals surface area contributed by atoms with E-state index in [2.05, 4.69) is 49.1 Å². The molecule has 2 aromatic carbocycles. The maximum atomic E-state index is 11.8. The van der Waals surface area contributed by atoms with Crippen molar-refractivity contribution >= 4 is 11.8 Å². The van der Waals surface area contributed by atoms with Gasteiger partial charge in [0, 0.05) is 37.9 Å². The highest BCUT2D eigenvalue weighted by Gasteiger charge is 2.32. The Kier molecular flexibility index (Phi) is 7.09. The van der Waals surface area contributed by atoms with Crippen molar-refractivity contribution in [3.63, 3.8) is 0 Å². The number of rotatable bonds is 10. The van der Waals surface area contributed by atoms with Gasteiger partial charge in [-0.05, 0) is 60.6 Å². The summed E-state index contributed by atoms with van der Waals surface area (Å²) in [4.78, 5) is 27.6. The molecule has 1 saturated heterocycles. The highest BCUT2D eigenvalue weighted by Crippen LogP contribution is 2.38. The predicted molar refractivity (Wildman–Crippen MR) is 134 cm³/mol. The normalized spacial score (nSPS) is 18.5. The molecule has 0 aromatic heterocycles. The summed E-state index contributed by atoms with van der Waals surface area (Å²) >= 11 is 0. The smallest absolute Gasteiger partial charge is 0.229 e. The third kappa shape index (κ3) is 5.08. The van der Waals surface area contributed by atoms with E-state index >= 15 is 0 Å². The number of carbonyl (C=O) groups excluding carboxylic acids is 2. The standard InChI is InChI=1S/C29H36N2O4/c1-3-25(22-8-10-27-23(18-22)13-15-34-27)31(24-5-4-6-24)19-21-7-9-26(20(2)17-21)35-16-14-30-28(32)11-12-29(30)33/h7-10,17-18,24-25H,3-6,11-16,19H2,1-2H3. The van der Waals surface area contributed by atoms with Gasteiger partial charge in [0.25, 0.3) is 0 Å². The first-order valence-corrected chi connectivity index (χ1v) is 13.1. The minimum Gasteiger partial charge on any atom is -0.493 e. The van der Waals surface area contributed by atoms with Gasteiger partial charge in [0.15, 0.2) is 0 Å². The minimum absolute atomic E-state index is 0.0943. The number of amides is 2. The average Bonchev–Trinajstić information content (AvgIpc) is 3.41. The van der Waals surface area contributed by atoms with Crippen LogP contribution in [0.4, 0.5) is 0 Å². The third-order valence-electron chi connectivity index (χ3n) is 7.76. The molecule has 2 aromatic rings. The average molecular weight is 477 g/mol. The molecule has 6 nitrogen and oxygen atoms in total. The second-order valence-electron chi connectivity index (χ2n) is 10.0. The first-order chi connectivity index (χ1) is 17.0. The Balaban J connectivity index is 1.27.